The molecular weight excluding hydrogens is 486 g/mol. The second kappa shape index (κ2) is 10.4. The van der Waals surface area contributed by atoms with Crippen LogP contribution in [-0.2, 0) is 27.1 Å². The number of hydrogen-bond donors (Lipinski definition) is 0. The van der Waals surface area contributed by atoms with Crippen LogP contribution in [0.2, 0.25) is 0 Å². The fourth-order valence-corrected chi connectivity index (χ4v) is 7.35. The van der Waals surface area contributed by atoms with Crippen molar-refractivity contribution in [2.75, 3.05) is 33.9 Å². The molecule has 0 N–H and O–H groups in total. The maximum absolute atomic E-state index is 13.1. The SMILES string of the molecule is COc1cccc(CSc2nc3cc(S(=O)(=O)N4CCCC4)ccc3n2C[C@H]2CCCO2)c1OC. The minimum Gasteiger partial charge on any atom is -0.493 e. The van der Waals surface area contributed by atoms with Gasteiger partial charge in [0.1, 0.15) is 0 Å². The predicted octanol–water partition coefficient (Wildman–Crippen LogP) is 4.31. The molecule has 0 bridgehead atoms. The summed E-state index contributed by atoms with van der Waals surface area (Å²) >= 11 is 1.60. The highest BCUT2D eigenvalue weighted by Gasteiger charge is 2.28. The Balaban J connectivity index is 1.49. The number of imidazole rings is 1. The van der Waals surface area contributed by atoms with Crippen LogP contribution in [0.25, 0.3) is 11.0 Å². The average molecular weight is 518 g/mol. The maximum atomic E-state index is 13.1. The summed E-state index contributed by atoms with van der Waals surface area (Å²) < 4.78 is 46.9. The average Bonchev–Trinajstić information content (AvgIpc) is 3.64. The van der Waals surface area contributed by atoms with Crippen LogP contribution in [0, 0.1) is 0 Å². The van der Waals surface area contributed by atoms with Crippen LogP contribution in [-0.4, -0.2) is 62.3 Å². The fraction of sp³-hybridized carbons (Fsp3) is 0.480. The van der Waals surface area contributed by atoms with Crippen molar-refractivity contribution in [3.05, 3.63) is 42.0 Å². The van der Waals surface area contributed by atoms with Crippen molar-refractivity contribution in [1.29, 1.82) is 0 Å². The van der Waals surface area contributed by atoms with Crippen molar-refractivity contribution < 1.29 is 22.6 Å². The standard InChI is InChI=1S/C25H31N3O5S2/c1-31-23-9-5-7-18(24(23)32-2)17-34-25-26-21-15-20(35(29,30)27-12-3-4-13-27)10-11-22(21)28(25)16-19-8-6-14-33-19/h5,7,9-11,15,19H,3-4,6,8,12-14,16-17H2,1-2H3/t19-/m1/s1. The van der Waals surface area contributed by atoms with Gasteiger partial charge < -0.3 is 18.8 Å². The monoisotopic (exact) mass is 517 g/mol. The number of aromatic nitrogens is 2. The van der Waals surface area contributed by atoms with Crippen LogP contribution in [0.5, 0.6) is 11.5 Å². The van der Waals surface area contributed by atoms with Gasteiger partial charge in [0.25, 0.3) is 0 Å². The number of benzene rings is 2. The highest BCUT2D eigenvalue weighted by Crippen LogP contribution is 2.36. The number of para-hydroxylation sites is 1. The van der Waals surface area contributed by atoms with Gasteiger partial charge in [-0.15, -0.1) is 0 Å². The molecule has 0 saturated carbocycles. The van der Waals surface area contributed by atoms with Crippen LogP contribution in [0.15, 0.2) is 46.5 Å². The van der Waals surface area contributed by atoms with Crippen molar-refractivity contribution in [3.8, 4) is 11.5 Å². The van der Waals surface area contributed by atoms with Crippen molar-refractivity contribution >= 4 is 32.8 Å². The lowest BCUT2D eigenvalue weighted by Crippen LogP contribution is -2.27. The van der Waals surface area contributed by atoms with Crippen molar-refractivity contribution in [3.63, 3.8) is 0 Å². The van der Waals surface area contributed by atoms with Gasteiger partial charge in [-0.1, -0.05) is 23.9 Å². The summed E-state index contributed by atoms with van der Waals surface area (Å²) in [6.45, 7) is 2.62. The van der Waals surface area contributed by atoms with Crippen LogP contribution < -0.4 is 9.47 Å². The van der Waals surface area contributed by atoms with Gasteiger partial charge in [0.05, 0.1) is 42.8 Å². The molecule has 0 aliphatic carbocycles. The van der Waals surface area contributed by atoms with E-state index in [2.05, 4.69) is 4.57 Å². The normalized spacial score (nSPS) is 19.0. The third kappa shape index (κ3) is 4.89. The largest absolute Gasteiger partial charge is 0.493 e. The molecule has 1 aromatic heterocycles. The Morgan fingerprint density at radius 1 is 1.11 bits per heavy atom. The highest BCUT2D eigenvalue weighted by molar-refractivity contribution is 7.98. The Bertz CT molecular complexity index is 1300. The van der Waals surface area contributed by atoms with Crippen molar-refractivity contribution in [2.24, 2.45) is 0 Å². The Labute approximate surface area is 210 Å². The van der Waals surface area contributed by atoms with Crippen LogP contribution in [0.3, 0.4) is 0 Å². The van der Waals surface area contributed by atoms with Gasteiger partial charge in [0.15, 0.2) is 16.7 Å². The summed E-state index contributed by atoms with van der Waals surface area (Å²) in [4.78, 5) is 5.19. The zero-order valence-corrected chi connectivity index (χ0v) is 21.7. The second-order valence-electron chi connectivity index (χ2n) is 8.84. The molecule has 35 heavy (non-hydrogen) atoms. The van der Waals surface area contributed by atoms with E-state index >= 15 is 0 Å². The summed E-state index contributed by atoms with van der Waals surface area (Å²) in [5.41, 5.74) is 2.61. The number of thioether (sulfide) groups is 1. The lowest BCUT2D eigenvalue weighted by Gasteiger charge is -2.16. The minimum absolute atomic E-state index is 0.131. The van der Waals surface area contributed by atoms with E-state index in [-0.39, 0.29) is 6.10 Å². The molecule has 0 spiro atoms. The fourth-order valence-electron chi connectivity index (χ4n) is 4.81. The third-order valence-corrected chi connectivity index (χ3v) is 9.56. The number of sulfonamides is 1. The molecule has 1 atom stereocenters. The molecule has 3 heterocycles. The first-order valence-corrected chi connectivity index (χ1v) is 14.4. The van der Waals surface area contributed by atoms with Gasteiger partial charge in [-0.3, -0.25) is 0 Å². The number of fused-ring (bicyclic) bond motifs is 1. The predicted molar refractivity (Wildman–Crippen MR) is 136 cm³/mol. The van der Waals surface area contributed by atoms with E-state index in [0.29, 0.717) is 47.3 Å². The lowest BCUT2D eigenvalue weighted by atomic mass is 10.2. The van der Waals surface area contributed by atoms with Gasteiger partial charge in [-0.25, -0.2) is 13.4 Å². The molecule has 2 aliphatic heterocycles. The van der Waals surface area contributed by atoms with Crippen molar-refractivity contribution in [2.45, 2.75) is 54.1 Å². The van der Waals surface area contributed by atoms with Crippen LogP contribution in [0.1, 0.15) is 31.2 Å². The smallest absolute Gasteiger partial charge is 0.243 e. The molecule has 188 valence electrons. The molecule has 0 unspecified atom stereocenters. The molecule has 2 aromatic carbocycles. The van der Waals surface area contributed by atoms with Gasteiger partial charge in [0.2, 0.25) is 10.0 Å². The van der Waals surface area contributed by atoms with E-state index in [4.69, 9.17) is 19.2 Å². The maximum Gasteiger partial charge on any atom is 0.243 e. The Hall–Kier alpha value is -2.27. The summed E-state index contributed by atoms with van der Waals surface area (Å²) in [7, 11) is -0.237. The molecule has 5 rings (SSSR count). The molecule has 0 amide bonds. The summed E-state index contributed by atoms with van der Waals surface area (Å²) in [5.74, 6) is 2.03. The molecule has 2 fully saturated rings. The number of nitrogens with zero attached hydrogens (tertiary/aromatic N) is 3. The first-order valence-electron chi connectivity index (χ1n) is 12.0. The molecule has 3 aromatic rings. The first-order chi connectivity index (χ1) is 17.0. The van der Waals surface area contributed by atoms with Gasteiger partial charge in [0, 0.05) is 31.0 Å². The Morgan fingerprint density at radius 3 is 2.66 bits per heavy atom. The van der Waals surface area contributed by atoms with Gasteiger partial charge in [-0.05, 0) is 49.9 Å². The number of hydrogen-bond acceptors (Lipinski definition) is 7. The number of methoxy groups -OCH3 is 2. The van der Waals surface area contributed by atoms with E-state index in [1.807, 2.05) is 24.3 Å². The topological polar surface area (TPSA) is 82.9 Å². The van der Waals surface area contributed by atoms with E-state index in [0.717, 1.165) is 48.5 Å². The third-order valence-electron chi connectivity index (χ3n) is 6.64. The van der Waals surface area contributed by atoms with E-state index < -0.39 is 10.0 Å². The van der Waals surface area contributed by atoms with Crippen LogP contribution >= 0.6 is 11.8 Å². The number of ether oxygens (including phenoxy) is 3. The second-order valence-corrected chi connectivity index (χ2v) is 11.7. The van der Waals surface area contributed by atoms with Crippen LogP contribution in [0.4, 0.5) is 0 Å². The molecule has 2 saturated heterocycles. The molecule has 2 aliphatic rings. The number of rotatable bonds is 9. The van der Waals surface area contributed by atoms with E-state index in [9.17, 15) is 8.42 Å². The molecular formula is C25H31N3O5S2. The van der Waals surface area contributed by atoms with Crippen molar-refractivity contribution in [1.82, 2.24) is 13.9 Å². The summed E-state index contributed by atoms with van der Waals surface area (Å²) in [5, 5.41) is 0.830. The highest BCUT2D eigenvalue weighted by atomic mass is 32.2. The first kappa shape index (κ1) is 24.4. The zero-order valence-electron chi connectivity index (χ0n) is 20.1. The minimum atomic E-state index is -3.51. The summed E-state index contributed by atoms with van der Waals surface area (Å²) in [6, 6.07) is 11.1. The molecule has 8 nitrogen and oxygen atoms in total. The van der Waals surface area contributed by atoms with E-state index in [1.165, 1.54) is 0 Å². The van der Waals surface area contributed by atoms with Gasteiger partial charge >= 0.3 is 0 Å². The Kier molecular flexibility index (Phi) is 7.24. The quantitative estimate of drug-likeness (QED) is 0.391. The summed E-state index contributed by atoms with van der Waals surface area (Å²) in [6.07, 6.45) is 4.01. The molecule has 0 radical (unpaired) electrons. The lowest BCUT2D eigenvalue weighted by molar-refractivity contribution is 0.0960. The van der Waals surface area contributed by atoms with Gasteiger partial charge in [-0.2, -0.15) is 4.31 Å². The molecule has 10 heteroatoms. The van der Waals surface area contributed by atoms with E-state index in [1.54, 1.807) is 42.4 Å². The zero-order chi connectivity index (χ0) is 24.4. The Morgan fingerprint density at radius 2 is 1.94 bits per heavy atom.